The Morgan fingerprint density at radius 2 is 2.33 bits per heavy atom. The summed E-state index contributed by atoms with van der Waals surface area (Å²) in [6, 6.07) is 1.70. The van der Waals surface area contributed by atoms with E-state index in [-0.39, 0.29) is 11.9 Å². The summed E-state index contributed by atoms with van der Waals surface area (Å²) < 4.78 is 5.34. The summed E-state index contributed by atoms with van der Waals surface area (Å²) in [5.41, 5.74) is 1.98. The first-order chi connectivity index (χ1) is 8.63. The molecule has 1 aliphatic rings. The predicted octanol–water partition coefficient (Wildman–Crippen LogP) is 1.17. The Labute approximate surface area is 111 Å². The minimum absolute atomic E-state index is 0.0422. The van der Waals surface area contributed by atoms with Crippen LogP contribution in [0.2, 0.25) is 0 Å². The van der Waals surface area contributed by atoms with E-state index in [1.807, 2.05) is 6.92 Å². The maximum absolute atomic E-state index is 12.5. The van der Waals surface area contributed by atoms with E-state index >= 15 is 0 Å². The second-order valence-electron chi connectivity index (χ2n) is 4.37. The number of carbonyl (C=O) groups excluding carboxylic acids is 1. The summed E-state index contributed by atoms with van der Waals surface area (Å²) in [5, 5.41) is 7.92. The van der Waals surface area contributed by atoms with Gasteiger partial charge in [0.25, 0.3) is 5.91 Å². The van der Waals surface area contributed by atoms with Gasteiger partial charge in [0, 0.05) is 12.4 Å². The van der Waals surface area contributed by atoms with E-state index < -0.39 is 0 Å². The fourth-order valence-corrected chi connectivity index (χ4v) is 2.23. The number of ether oxygens (including phenoxy) is 1. The van der Waals surface area contributed by atoms with E-state index in [0.29, 0.717) is 36.9 Å². The number of halogens is 1. The van der Waals surface area contributed by atoms with Crippen molar-refractivity contribution in [2.75, 3.05) is 25.6 Å². The fourth-order valence-electron chi connectivity index (χ4n) is 1.97. The van der Waals surface area contributed by atoms with Gasteiger partial charge in [-0.3, -0.25) is 4.79 Å². The fraction of sp³-hybridized carbons (Fsp3) is 0.583. The molecular formula is C12H16ClN3O2. The molecular weight excluding hydrogens is 254 g/mol. The van der Waals surface area contributed by atoms with Crippen molar-refractivity contribution in [3.8, 4) is 0 Å². The number of hydrogen-bond donors (Lipinski definition) is 0. The van der Waals surface area contributed by atoms with Crippen LogP contribution < -0.4 is 0 Å². The van der Waals surface area contributed by atoms with E-state index in [1.54, 1.807) is 17.9 Å². The maximum Gasteiger partial charge on any atom is 0.256 e. The molecule has 0 aliphatic carbocycles. The van der Waals surface area contributed by atoms with Gasteiger partial charge in [-0.1, -0.05) is 0 Å². The van der Waals surface area contributed by atoms with Gasteiger partial charge in [0.2, 0.25) is 0 Å². The lowest BCUT2D eigenvalue weighted by Crippen LogP contribution is -2.49. The number of nitrogens with zero attached hydrogens (tertiary/aromatic N) is 3. The van der Waals surface area contributed by atoms with Crippen LogP contribution >= 0.6 is 11.6 Å². The van der Waals surface area contributed by atoms with Crippen molar-refractivity contribution in [2.24, 2.45) is 0 Å². The van der Waals surface area contributed by atoms with Crippen molar-refractivity contribution in [3.63, 3.8) is 0 Å². The zero-order valence-corrected chi connectivity index (χ0v) is 11.3. The largest absolute Gasteiger partial charge is 0.377 e. The number of aryl methyl sites for hydroxylation is 2. The number of carbonyl (C=O) groups is 1. The Bertz CT molecular complexity index is 453. The van der Waals surface area contributed by atoms with Crippen LogP contribution in [0.15, 0.2) is 6.07 Å². The monoisotopic (exact) mass is 269 g/mol. The topological polar surface area (TPSA) is 55.3 Å². The van der Waals surface area contributed by atoms with Gasteiger partial charge in [0.1, 0.15) is 0 Å². The maximum atomic E-state index is 12.5. The van der Waals surface area contributed by atoms with E-state index in [9.17, 15) is 4.79 Å². The summed E-state index contributed by atoms with van der Waals surface area (Å²) in [7, 11) is 0. The van der Waals surface area contributed by atoms with Gasteiger partial charge in [-0.05, 0) is 19.9 Å². The third-order valence-corrected chi connectivity index (χ3v) is 3.35. The molecule has 0 aromatic carbocycles. The van der Waals surface area contributed by atoms with Gasteiger partial charge < -0.3 is 9.64 Å². The lowest BCUT2D eigenvalue weighted by molar-refractivity contribution is 0.00447. The highest BCUT2D eigenvalue weighted by molar-refractivity contribution is 6.18. The summed E-state index contributed by atoms with van der Waals surface area (Å²) in [6.45, 7) is 5.22. The van der Waals surface area contributed by atoms with Crippen LogP contribution in [0.4, 0.5) is 0 Å². The van der Waals surface area contributed by atoms with Gasteiger partial charge in [-0.15, -0.1) is 11.6 Å². The molecule has 2 rings (SSSR count). The molecule has 0 radical (unpaired) electrons. The zero-order valence-electron chi connectivity index (χ0n) is 10.5. The second kappa shape index (κ2) is 5.63. The van der Waals surface area contributed by atoms with Crippen molar-refractivity contribution in [2.45, 2.75) is 19.9 Å². The van der Waals surface area contributed by atoms with Crippen LogP contribution in [0.3, 0.4) is 0 Å². The van der Waals surface area contributed by atoms with E-state index in [4.69, 9.17) is 16.3 Å². The average Bonchev–Trinajstić information content (AvgIpc) is 2.40. The molecule has 1 saturated heterocycles. The number of rotatable bonds is 2. The molecule has 5 nitrogen and oxygen atoms in total. The quantitative estimate of drug-likeness (QED) is 0.757. The molecule has 1 amide bonds. The van der Waals surface area contributed by atoms with Gasteiger partial charge >= 0.3 is 0 Å². The van der Waals surface area contributed by atoms with Crippen molar-refractivity contribution >= 4 is 17.5 Å². The molecule has 1 fully saturated rings. The Morgan fingerprint density at radius 3 is 3.06 bits per heavy atom. The number of amides is 1. The van der Waals surface area contributed by atoms with Crippen LogP contribution in [0.1, 0.15) is 21.7 Å². The van der Waals surface area contributed by atoms with Gasteiger partial charge in [-0.2, -0.15) is 10.2 Å². The molecule has 1 aliphatic heterocycles. The molecule has 1 atom stereocenters. The summed E-state index contributed by atoms with van der Waals surface area (Å²) in [6.07, 6.45) is 0. The van der Waals surface area contributed by atoms with Gasteiger partial charge in [-0.25, -0.2) is 0 Å². The van der Waals surface area contributed by atoms with E-state index in [2.05, 4.69) is 10.2 Å². The minimum atomic E-state index is -0.0687. The smallest absolute Gasteiger partial charge is 0.256 e. The molecule has 1 aromatic heterocycles. The van der Waals surface area contributed by atoms with E-state index in [0.717, 1.165) is 5.69 Å². The van der Waals surface area contributed by atoms with Gasteiger partial charge in [0.15, 0.2) is 0 Å². The highest BCUT2D eigenvalue weighted by atomic mass is 35.5. The van der Waals surface area contributed by atoms with Crippen molar-refractivity contribution < 1.29 is 9.53 Å². The molecule has 0 bridgehead atoms. The first-order valence-electron chi connectivity index (χ1n) is 5.89. The van der Waals surface area contributed by atoms with Crippen LogP contribution in [-0.4, -0.2) is 52.7 Å². The number of aromatic nitrogens is 2. The minimum Gasteiger partial charge on any atom is -0.377 e. The van der Waals surface area contributed by atoms with Crippen LogP contribution in [0, 0.1) is 13.8 Å². The molecule has 0 N–H and O–H groups in total. The number of alkyl halides is 1. The van der Waals surface area contributed by atoms with Crippen molar-refractivity contribution in [1.29, 1.82) is 0 Å². The molecule has 0 spiro atoms. The van der Waals surface area contributed by atoms with Crippen LogP contribution in [-0.2, 0) is 4.74 Å². The normalized spacial score (nSPS) is 19.9. The van der Waals surface area contributed by atoms with Crippen molar-refractivity contribution in [3.05, 3.63) is 23.0 Å². The SMILES string of the molecule is Cc1cc(C(=O)N2CCOCC2CCl)c(C)nn1. The van der Waals surface area contributed by atoms with Crippen LogP contribution in [0.25, 0.3) is 0 Å². The summed E-state index contributed by atoms with van der Waals surface area (Å²) in [4.78, 5) is 14.2. The number of hydrogen-bond acceptors (Lipinski definition) is 4. The third-order valence-electron chi connectivity index (χ3n) is 3.00. The van der Waals surface area contributed by atoms with Crippen molar-refractivity contribution in [1.82, 2.24) is 15.1 Å². The Balaban J connectivity index is 2.26. The summed E-state index contributed by atoms with van der Waals surface area (Å²) >= 11 is 5.88. The second-order valence-corrected chi connectivity index (χ2v) is 4.67. The Morgan fingerprint density at radius 1 is 1.56 bits per heavy atom. The molecule has 1 unspecified atom stereocenters. The van der Waals surface area contributed by atoms with Crippen LogP contribution in [0.5, 0.6) is 0 Å². The van der Waals surface area contributed by atoms with Gasteiger partial charge in [0.05, 0.1) is 36.2 Å². The molecule has 18 heavy (non-hydrogen) atoms. The predicted molar refractivity (Wildman–Crippen MR) is 67.9 cm³/mol. The highest BCUT2D eigenvalue weighted by Crippen LogP contribution is 2.15. The zero-order chi connectivity index (χ0) is 13.1. The third kappa shape index (κ3) is 2.62. The summed E-state index contributed by atoms with van der Waals surface area (Å²) in [5.74, 6) is 0.335. The Hall–Kier alpha value is -1.20. The first kappa shape index (κ1) is 13.2. The van der Waals surface area contributed by atoms with E-state index in [1.165, 1.54) is 0 Å². The first-order valence-corrected chi connectivity index (χ1v) is 6.42. The number of morpholine rings is 1. The molecule has 0 saturated carbocycles. The lowest BCUT2D eigenvalue weighted by atomic mass is 10.1. The highest BCUT2D eigenvalue weighted by Gasteiger charge is 2.28. The standard InChI is InChI=1S/C12H16ClN3O2/c1-8-5-11(9(2)15-14-8)12(17)16-3-4-18-7-10(16)6-13/h5,10H,3-4,6-7H2,1-2H3. The lowest BCUT2D eigenvalue weighted by Gasteiger charge is -2.34. The Kier molecular flexibility index (Phi) is 4.14. The molecule has 98 valence electrons. The average molecular weight is 270 g/mol. The molecule has 6 heteroatoms. The molecule has 1 aromatic rings. The molecule has 2 heterocycles.